The summed E-state index contributed by atoms with van der Waals surface area (Å²) in [5.41, 5.74) is 0. The Kier molecular flexibility index (Phi) is 3.19. The second-order valence-corrected chi connectivity index (χ2v) is 2.54. The van der Waals surface area contributed by atoms with Crippen LogP contribution in [0.1, 0.15) is 0 Å². The molecule has 0 aliphatic rings. The third-order valence-electron chi connectivity index (χ3n) is 0.415. The smallest absolute Gasteiger partial charge is 0.369 e. The minimum absolute atomic E-state index is 0.135. The van der Waals surface area contributed by atoms with Crippen LogP contribution in [0, 0.1) is 0 Å². The molecule has 0 unspecified atom stereocenters. The van der Waals surface area contributed by atoms with E-state index in [-0.39, 0.29) is 6.73 Å². The first-order valence-electron chi connectivity index (χ1n) is 1.86. The lowest BCUT2D eigenvalue weighted by atomic mass is 11.3. The fourth-order valence-corrected chi connectivity index (χ4v) is 0.446. The molecule has 0 bridgehead atoms. The molecule has 0 aromatic heterocycles. The van der Waals surface area contributed by atoms with E-state index in [9.17, 15) is 4.57 Å². The van der Waals surface area contributed by atoms with E-state index in [0.29, 0.717) is 0 Å². The molecule has 0 spiro atoms. The van der Waals surface area contributed by atoms with Crippen molar-refractivity contribution in [1.82, 2.24) is 5.09 Å². The maximum absolute atomic E-state index is 9.89. The average Bonchev–Trinajstić information content (AvgIpc) is 1.59. The topological polar surface area (TPSA) is 78.8 Å². The lowest BCUT2D eigenvalue weighted by Crippen LogP contribution is -2.12. The minimum Gasteiger partial charge on any atom is -0.369 e. The Morgan fingerprint density at radius 1 is 1.75 bits per heavy atom. The van der Waals surface area contributed by atoms with Crippen LogP contribution in [0.25, 0.3) is 0 Å². The lowest BCUT2D eigenvalue weighted by molar-refractivity contribution is 0.184. The highest BCUT2D eigenvalue weighted by Gasteiger charge is 2.08. The van der Waals surface area contributed by atoms with E-state index in [1.807, 2.05) is 5.09 Å². The van der Waals surface area contributed by atoms with Crippen LogP contribution in [0.15, 0.2) is 0 Å². The third-order valence-corrected chi connectivity index (χ3v) is 0.956. The molecule has 0 amide bonds. The number of nitrogens with one attached hydrogen (secondary N) is 1. The average molecular weight is 141 g/mol. The Hall–Kier alpha value is 0.0700. The van der Waals surface area contributed by atoms with Crippen molar-refractivity contribution in [3.63, 3.8) is 0 Å². The van der Waals surface area contributed by atoms with Crippen LogP contribution in [0.3, 0.4) is 0 Å². The van der Waals surface area contributed by atoms with E-state index >= 15 is 0 Å². The molecule has 0 aliphatic carbocycles. The standard InChI is InChI=1S/C2H8NO4P/c1-7-2-3-8(4,5)6/h2H2,1H3,(H3,3,4,5,6). The summed E-state index contributed by atoms with van der Waals surface area (Å²) in [4.78, 5) is 16.1. The summed E-state index contributed by atoms with van der Waals surface area (Å²) < 4.78 is 14.2. The van der Waals surface area contributed by atoms with Gasteiger partial charge in [0.05, 0.1) is 0 Å². The molecule has 0 aromatic carbocycles. The second-order valence-electron chi connectivity index (χ2n) is 1.14. The van der Waals surface area contributed by atoms with Crippen molar-refractivity contribution in [2.75, 3.05) is 13.8 Å². The number of hydrogen-bond donors (Lipinski definition) is 3. The highest BCUT2D eigenvalue weighted by Crippen LogP contribution is 2.26. The number of rotatable bonds is 3. The zero-order valence-corrected chi connectivity index (χ0v) is 5.26. The van der Waals surface area contributed by atoms with Crippen molar-refractivity contribution in [3.05, 3.63) is 0 Å². The van der Waals surface area contributed by atoms with Gasteiger partial charge in [-0.15, -0.1) is 0 Å². The molecule has 5 nitrogen and oxygen atoms in total. The van der Waals surface area contributed by atoms with Crippen LogP contribution in [-0.2, 0) is 9.30 Å². The van der Waals surface area contributed by atoms with Gasteiger partial charge in [0.1, 0.15) is 6.73 Å². The van der Waals surface area contributed by atoms with Crippen LogP contribution in [-0.4, -0.2) is 23.6 Å². The summed E-state index contributed by atoms with van der Waals surface area (Å²) in [6, 6.07) is 0. The van der Waals surface area contributed by atoms with Gasteiger partial charge in [-0.1, -0.05) is 0 Å². The van der Waals surface area contributed by atoms with Crippen LogP contribution in [0.5, 0.6) is 0 Å². The summed E-state index contributed by atoms with van der Waals surface area (Å²) in [7, 11) is -2.72. The molecule has 0 atom stereocenters. The maximum Gasteiger partial charge on any atom is 0.402 e. The van der Waals surface area contributed by atoms with Gasteiger partial charge in [-0.05, 0) is 0 Å². The first-order valence-corrected chi connectivity index (χ1v) is 3.47. The van der Waals surface area contributed by atoms with E-state index in [1.54, 1.807) is 0 Å². The Bertz CT molecular complexity index is 98.2. The monoisotopic (exact) mass is 141 g/mol. The molecule has 0 radical (unpaired) electrons. The summed E-state index contributed by atoms with van der Waals surface area (Å²) in [5.74, 6) is 0. The molecular formula is C2H8NO4P. The summed E-state index contributed by atoms with van der Waals surface area (Å²) in [6.45, 7) is -0.135. The lowest BCUT2D eigenvalue weighted by Gasteiger charge is -2.02. The molecule has 3 N–H and O–H groups in total. The third kappa shape index (κ3) is 6.07. The fraction of sp³-hybridized carbons (Fsp3) is 1.00. The van der Waals surface area contributed by atoms with Gasteiger partial charge in [-0.25, -0.2) is 4.57 Å². The Morgan fingerprint density at radius 3 is 2.38 bits per heavy atom. The molecule has 0 heterocycles. The summed E-state index contributed by atoms with van der Waals surface area (Å²) in [6.07, 6.45) is 0. The number of ether oxygens (including phenoxy) is 1. The minimum atomic E-state index is -4.06. The predicted octanol–water partition coefficient (Wildman–Crippen LogP) is -0.727. The van der Waals surface area contributed by atoms with E-state index in [4.69, 9.17) is 9.79 Å². The highest BCUT2D eigenvalue weighted by atomic mass is 31.2. The quantitative estimate of drug-likeness (QED) is 0.357. The van der Waals surface area contributed by atoms with Crippen LogP contribution >= 0.6 is 7.75 Å². The van der Waals surface area contributed by atoms with E-state index in [1.165, 1.54) is 7.11 Å². The highest BCUT2D eigenvalue weighted by molar-refractivity contribution is 7.49. The predicted molar refractivity (Wildman–Crippen MR) is 27.1 cm³/mol. The summed E-state index contributed by atoms with van der Waals surface area (Å²) >= 11 is 0. The van der Waals surface area contributed by atoms with Gasteiger partial charge in [-0.2, -0.15) is 5.09 Å². The number of hydrogen-bond acceptors (Lipinski definition) is 2. The molecule has 0 saturated heterocycles. The first-order chi connectivity index (χ1) is 3.56. The SMILES string of the molecule is COCNP(=O)(O)O. The number of methoxy groups -OCH3 is 1. The molecule has 50 valence electrons. The van der Waals surface area contributed by atoms with Crippen molar-refractivity contribution >= 4 is 7.75 Å². The molecule has 0 fully saturated rings. The molecule has 6 heteroatoms. The molecule has 0 aliphatic heterocycles. The molecule has 0 saturated carbocycles. The van der Waals surface area contributed by atoms with Gasteiger partial charge >= 0.3 is 7.75 Å². The molecule has 0 rings (SSSR count). The maximum atomic E-state index is 9.89. The Labute approximate surface area is 46.9 Å². The van der Waals surface area contributed by atoms with Crippen LogP contribution < -0.4 is 5.09 Å². The van der Waals surface area contributed by atoms with Crippen molar-refractivity contribution in [2.24, 2.45) is 0 Å². The zero-order valence-electron chi connectivity index (χ0n) is 4.37. The van der Waals surface area contributed by atoms with Gasteiger partial charge in [-0.3, -0.25) is 0 Å². The van der Waals surface area contributed by atoms with Crippen molar-refractivity contribution < 1.29 is 19.1 Å². The second kappa shape index (κ2) is 3.17. The van der Waals surface area contributed by atoms with Gasteiger partial charge in [0.15, 0.2) is 0 Å². The Morgan fingerprint density at radius 2 is 2.25 bits per heavy atom. The zero-order chi connectivity index (χ0) is 6.62. The largest absolute Gasteiger partial charge is 0.402 e. The molecular weight excluding hydrogens is 133 g/mol. The Balaban J connectivity index is 3.26. The summed E-state index contributed by atoms with van der Waals surface area (Å²) in [5, 5.41) is 1.82. The van der Waals surface area contributed by atoms with Crippen molar-refractivity contribution in [1.29, 1.82) is 0 Å². The van der Waals surface area contributed by atoms with E-state index < -0.39 is 7.75 Å². The first kappa shape index (κ1) is 8.07. The van der Waals surface area contributed by atoms with E-state index in [2.05, 4.69) is 4.74 Å². The van der Waals surface area contributed by atoms with Crippen LogP contribution in [0.4, 0.5) is 0 Å². The van der Waals surface area contributed by atoms with Gasteiger partial charge in [0.25, 0.3) is 0 Å². The fourth-order valence-electron chi connectivity index (χ4n) is 0.149. The normalized spacial score (nSPS) is 11.9. The van der Waals surface area contributed by atoms with Gasteiger partial charge in [0.2, 0.25) is 0 Å². The van der Waals surface area contributed by atoms with Crippen molar-refractivity contribution in [2.45, 2.75) is 0 Å². The molecule has 8 heavy (non-hydrogen) atoms. The van der Waals surface area contributed by atoms with Crippen molar-refractivity contribution in [3.8, 4) is 0 Å². The van der Waals surface area contributed by atoms with Gasteiger partial charge < -0.3 is 14.5 Å². The molecule has 0 aromatic rings. The van der Waals surface area contributed by atoms with Gasteiger partial charge in [0, 0.05) is 7.11 Å². The van der Waals surface area contributed by atoms with Crippen LogP contribution in [0.2, 0.25) is 0 Å². The van der Waals surface area contributed by atoms with E-state index in [0.717, 1.165) is 0 Å².